The number of rotatable bonds is 11. The Kier molecular flexibility index (Phi) is 9.03. The van der Waals surface area contributed by atoms with E-state index in [1.54, 1.807) is 33.9 Å². The highest BCUT2D eigenvalue weighted by Crippen LogP contribution is 2.36. The molecule has 9 nitrogen and oxygen atoms in total. The fraction of sp³-hybridized carbons (Fsp3) is 0.310. The molecule has 1 amide bonds. The largest absolute Gasteiger partial charge is 0.481 e. The van der Waals surface area contributed by atoms with Crippen molar-refractivity contribution in [3.63, 3.8) is 0 Å². The van der Waals surface area contributed by atoms with Crippen molar-refractivity contribution in [3.05, 3.63) is 71.3 Å². The van der Waals surface area contributed by atoms with Crippen LogP contribution in [0.4, 0.5) is 0 Å². The number of aliphatic carboxylic acids is 1. The average molecular weight is 611 g/mol. The first-order chi connectivity index (χ1) is 19.7. The van der Waals surface area contributed by atoms with Crippen LogP contribution in [0.5, 0.6) is 0 Å². The Morgan fingerprint density at radius 3 is 2.54 bits per heavy atom. The number of unbranched alkanes of at least 4 members (excludes halogenated alkanes) is 2. The summed E-state index contributed by atoms with van der Waals surface area (Å²) >= 11 is 6.70. The summed E-state index contributed by atoms with van der Waals surface area (Å²) in [5.74, 6) is -1.04. The predicted octanol–water partition coefficient (Wildman–Crippen LogP) is 5.17. The number of thiocarbonyl (C=S) groups is 1. The normalized spacial score (nSPS) is 17.2. The van der Waals surface area contributed by atoms with E-state index in [-0.39, 0.29) is 17.2 Å². The number of aromatic nitrogens is 2. The highest BCUT2D eigenvalue weighted by molar-refractivity contribution is 8.26. The van der Waals surface area contributed by atoms with Gasteiger partial charge < -0.3 is 5.11 Å². The van der Waals surface area contributed by atoms with Crippen LogP contribution in [-0.4, -0.2) is 68.3 Å². The van der Waals surface area contributed by atoms with E-state index in [0.717, 1.165) is 18.5 Å². The van der Waals surface area contributed by atoms with Crippen LogP contribution in [0, 0.1) is 0 Å². The lowest BCUT2D eigenvalue weighted by atomic mass is 10.1. The number of carbonyl (C=O) groups excluding carboxylic acids is 1. The second kappa shape index (κ2) is 12.7. The number of para-hydroxylation sites is 1. The molecule has 2 aliphatic rings. The first-order valence-corrected chi connectivity index (χ1v) is 16.1. The number of carboxylic acid groups (broad SMARTS) is 1. The summed E-state index contributed by atoms with van der Waals surface area (Å²) in [4.78, 5) is 26.3. The first kappa shape index (κ1) is 29.2. The van der Waals surface area contributed by atoms with Gasteiger partial charge in [-0.25, -0.2) is 13.1 Å². The van der Waals surface area contributed by atoms with Crippen LogP contribution in [0.2, 0.25) is 0 Å². The minimum atomic E-state index is -3.62. The standard InChI is InChI=1S/C29H30N4O5S3/c34-26(35)14-5-2-6-17-32-28(36)25(40-29(32)39)19-22-20-33(23-11-3-1-4-12-23)30-27(22)21-10-9-13-24(18-21)41(37,38)31-15-7-8-16-31/h1,3-4,9-13,18-20H,2,5-8,14-17H2,(H,34,35). The molecular weight excluding hydrogens is 581 g/mol. The van der Waals surface area contributed by atoms with E-state index >= 15 is 0 Å². The Labute approximate surface area is 248 Å². The molecule has 5 rings (SSSR count). The summed E-state index contributed by atoms with van der Waals surface area (Å²) in [6.45, 7) is 1.46. The van der Waals surface area contributed by atoms with Crippen LogP contribution in [0.1, 0.15) is 44.1 Å². The SMILES string of the molecule is O=C(O)CCCCCN1C(=O)C(=Cc2cn(-c3ccccc3)nc2-c2cccc(S(=O)(=O)N3CCCC3)c2)SC1=S. The topological polar surface area (TPSA) is 113 Å². The minimum absolute atomic E-state index is 0.104. The van der Waals surface area contributed by atoms with Gasteiger partial charge in [0.15, 0.2) is 0 Å². The smallest absolute Gasteiger partial charge is 0.303 e. The van der Waals surface area contributed by atoms with Crippen molar-refractivity contribution in [1.29, 1.82) is 0 Å². The molecule has 0 unspecified atom stereocenters. The molecule has 2 fully saturated rings. The molecule has 1 aromatic heterocycles. The Bertz CT molecular complexity index is 1600. The average Bonchev–Trinajstić information content (AvgIpc) is 3.71. The van der Waals surface area contributed by atoms with Gasteiger partial charge in [0.1, 0.15) is 10.0 Å². The van der Waals surface area contributed by atoms with Gasteiger partial charge in [0.05, 0.1) is 15.5 Å². The molecule has 0 aliphatic carbocycles. The Morgan fingerprint density at radius 1 is 1.05 bits per heavy atom. The first-order valence-electron chi connectivity index (χ1n) is 13.5. The van der Waals surface area contributed by atoms with Gasteiger partial charge in [-0.1, -0.05) is 60.7 Å². The molecule has 0 spiro atoms. The number of amides is 1. The summed E-state index contributed by atoms with van der Waals surface area (Å²) in [5, 5.41) is 13.6. The zero-order chi connectivity index (χ0) is 29.0. The van der Waals surface area contributed by atoms with Crippen molar-refractivity contribution in [2.45, 2.75) is 43.4 Å². The lowest BCUT2D eigenvalue weighted by Gasteiger charge is -2.16. The number of hydrogen-bond donors (Lipinski definition) is 1. The summed E-state index contributed by atoms with van der Waals surface area (Å²) in [7, 11) is -3.62. The van der Waals surface area contributed by atoms with Gasteiger partial charge in [-0.2, -0.15) is 9.40 Å². The Morgan fingerprint density at radius 2 is 1.80 bits per heavy atom. The zero-order valence-electron chi connectivity index (χ0n) is 22.3. The second-order valence-corrected chi connectivity index (χ2v) is 13.5. The molecule has 0 saturated carbocycles. The number of hydrogen-bond acceptors (Lipinski definition) is 7. The molecule has 0 radical (unpaired) electrons. The molecule has 41 heavy (non-hydrogen) atoms. The molecule has 3 aromatic rings. The van der Waals surface area contributed by atoms with Gasteiger partial charge in [0.25, 0.3) is 5.91 Å². The zero-order valence-corrected chi connectivity index (χ0v) is 24.8. The van der Waals surface area contributed by atoms with Crippen molar-refractivity contribution in [2.75, 3.05) is 19.6 Å². The molecule has 2 saturated heterocycles. The number of thioether (sulfide) groups is 1. The molecule has 0 bridgehead atoms. The minimum Gasteiger partial charge on any atom is -0.481 e. The van der Waals surface area contributed by atoms with Crippen LogP contribution in [0.3, 0.4) is 0 Å². The van der Waals surface area contributed by atoms with E-state index in [1.807, 2.05) is 42.6 Å². The molecule has 2 aliphatic heterocycles. The van der Waals surface area contributed by atoms with Gasteiger partial charge in [-0.05, 0) is 56.0 Å². The van der Waals surface area contributed by atoms with E-state index in [4.69, 9.17) is 22.4 Å². The molecule has 2 aromatic carbocycles. The van der Waals surface area contributed by atoms with Gasteiger partial charge in [-0.3, -0.25) is 14.5 Å². The van der Waals surface area contributed by atoms with E-state index in [1.165, 1.54) is 16.1 Å². The lowest BCUT2D eigenvalue weighted by Crippen LogP contribution is -2.29. The van der Waals surface area contributed by atoms with Crippen molar-refractivity contribution < 1.29 is 23.1 Å². The van der Waals surface area contributed by atoms with Crippen LogP contribution < -0.4 is 0 Å². The third-order valence-electron chi connectivity index (χ3n) is 7.01. The molecule has 1 N–H and O–H groups in total. The maximum atomic E-state index is 13.3. The van der Waals surface area contributed by atoms with Crippen molar-refractivity contribution >= 4 is 56.3 Å². The summed E-state index contributed by atoms with van der Waals surface area (Å²) in [6.07, 6.45) is 7.28. The fourth-order valence-electron chi connectivity index (χ4n) is 4.87. The number of carbonyl (C=O) groups is 2. The summed E-state index contributed by atoms with van der Waals surface area (Å²) < 4.78 is 30.2. The van der Waals surface area contributed by atoms with Crippen LogP contribution in [-0.2, 0) is 19.6 Å². The lowest BCUT2D eigenvalue weighted by molar-refractivity contribution is -0.137. The van der Waals surface area contributed by atoms with Crippen molar-refractivity contribution in [2.24, 2.45) is 0 Å². The maximum absolute atomic E-state index is 13.3. The molecule has 3 heterocycles. The summed E-state index contributed by atoms with van der Waals surface area (Å²) in [6, 6.07) is 16.3. The maximum Gasteiger partial charge on any atom is 0.303 e. The van der Waals surface area contributed by atoms with Gasteiger partial charge in [0, 0.05) is 43.4 Å². The number of carboxylic acids is 1. The highest BCUT2D eigenvalue weighted by Gasteiger charge is 2.32. The van der Waals surface area contributed by atoms with E-state index in [2.05, 4.69) is 0 Å². The Hall–Kier alpha value is -3.32. The van der Waals surface area contributed by atoms with E-state index in [9.17, 15) is 18.0 Å². The van der Waals surface area contributed by atoms with Crippen LogP contribution in [0.25, 0.3) is 23.0 Å². The van der Waals surface area contributed by atoms with Crippen molar-refractivity contribution in [3.8, 4) is 16.9 Å². The van der Waals surface area contributed by atoms with Gasteiger partial charge >= 0.3 is 5.97 Å². The fourth-order valence-corrected chi connectivity index (χ4v) is 7.73. The van der Waals surface area contributed by atoms with E-state index in [0.29, 0.717) is 64.9 Å². The highest BCUT2D eigenvalue weighted by atomic mass is 32.2. The molecule has 0 atom stereocenters. The number of nitrogens with zero attached hydrogens (tertiary/aromatic N) is 4. The predicted molar refractivity (Wildman–Crippen MR) is 163 cm³/mol. The van der Waals surface area contributed by atoms with Crippen molar-refractivity contribution in [1.82, 2.24) is 19.0 Å². The summed E-state index contributed by atoms with van der Waals surface area (Å²) in [5.41, 5.74) is 2.65. The van der Waals surface area contributed by atoms with Gasteiger partial charge in [-0.15, -0.1) is 0 Å². The third-order valence-corrected chi connectivity index (χ3v) is 10.3. The molecule has 12 heteroatoms. The second-order valence-electron chi connectivity index (χ2n) is 9.89. The number of sulfonamides is 1. The molecule has 214 valence electrons. The third kappa shape index (κ3) is 6.61. The van der Waals surface area contributed by atoms with Crippen LogP contribution in [0.15, 0.2) is 70.6 Å². The Balaban J connectivity index is 1.46. The monoisotopic (exact) mass is 610 g/mol. The molecular formula is C29H30N4O5S3. The quantitative estimate of drug-likeness (QED) is 0.180. The van der Waals surface area contributed by atoms with E-state index < -0.39 is 16.0 Å². The van der Waals surface area contributed by atoms with Crippen LogP contribution >= 0.6 is 24.0 Å². The van der Waals surface area contributed by atoms with Gasteiger partial charge in [0.2, 0.25) is 10.0 Å². The number of benzene rings is 2.